The van der Waals surface area contributed by atoms with Gasteiger partial charge in [-0.25, -0.2) is 4.98 Å². The molecule has 126 valence electrons. The van der Waals surface area contributed by atoms with E-state index in [0.717, 1.165) is 39.2 Å². The number of ether oxygens (including phenoxy) is 1. The van der Waals surface area contributed by atoms with Crippen molar-refractivity contribution >= 4 is 11.0 Å². The summed E-state index contributed by atoms with van der Waals surface area (Å²) in [5, 5.41) is 10.6. The lowest BCUT2D eigenvalue weighted by Crippen LogP contribution is -2.09. The van der Waals surface area contributed by atoms with Crippen LogP contribution in [0.3, 0.4) is 0 Å². The third-order valence-electron chi connectivity index (χ3n) is 4.19. The van der Waals surface area contributed by atoms with E-state index in [0.29, 0.717) is 18.9 Å². The van der Waals surface area contributed by atoms with Gasteiger partial charge in [0.05, 0.1) is 17.6 Å². The maximum atomic E-state index is 10.6. The van der Waals surface area contributed by atoms with E-state index < -0.39 is 6.10 Å². The van der Waals surface area contributed by atoms with Crippen molar-refractivity contribution in [3.05, 3.63) is 52.6 Å². The third kappa shape index (κ3) is 3.12. The fourth-order valence-corrected chi connectivity index (χ4v) is 2.91. The van der Waals surface area contributed by atoms with Gasteiger partial charge >= 0.3 is 0 Å². The van der Waals surface area contributed by atoms with Crippen LogP contribution in [-0.2, 0) is 6.42 Å². The molecule has 3 rings (SSSR count). The van der Waals surface area contributed by atoms with Gasteiger partial charge in [0.2, 0.25) is 0 Å². The molecule has 0 aliphatic heterocycles. The first-order valence-corrected chi connectivity index (χ1v) is 8.21. The summed E-state index contributed by atoms with van der Waals surface area (Å²) in [6, 6.07) is 6.00. The van der Waals surface area contributed by atoms with Crippen LogP contribution in [0.25, 0.3) is 11.0 Å². The van der Waals surface area contributed by atoms with Gasteiger partial charge in [0.15, 0.2) is 0 Å². The fourth-order valence-electron chi connectivity index (χ4n) is 2.91. The van der Waals surface area contributed by atoms with Crippen molar-refractivity contribution in [2.75, 3.05) is 6.61 Å². The molecule has 0 radical (unpaired) electrons. The first kappa shape index (κ1) is 16.5. The molecule has 1 aromatic carbocycles. The number of aliphatic hydroxyl groups is 1. The number of hydrogen-bond donors (Lipinski definition) is 2. The first-order chi connectivity index (χ1) is 11.5. The summed E-state index contributed by atoms with van der Waals surface area (Å²) in [6.45, 7) is 8.56. The standard InChI is InChI=1S/C19H23N3O2/c1-5-24-18-12(3)10-20-15(13(18)4)9-17(23)19-21-14-7-6-11(2)8-16(14)22-19/h6-8,10,17,23H,5,9H2,1-4H3,(H,21,22). The van der Waals surface area contributed by atoms with E-state index in [1.165, 1.54) is 0 Å². The maximum Gasteiger partial charge on any atom is 0.136 e. The van der Waals surface area contributed by atoms with Gasteiger partial charge < -0.3 is 14.8 Å². The molecule has 2 N–H and O–H groups in total. The SMILES string of the molecule is CCOc1c(C)cnc(CC(O)c2nc3ccc(C)cc3[nH]2)c1C. The monoisotopic (exact) mass is 325 g/mol. The van der Waals surface area contributed by atoms with E-state index in [-0.39, 0.29) is 0 Å². The fraction of sp³-hybridized carbons (Fsp3) is 0.368. The molecule has 24 heavy (non-hydrogen) atoms. The molecule has 0 aliphatic rings. The average molecular weight is 325 g/mol. The molecule has 5 heteroatoms. The molecule has 1 atom stereocenters. The number of nitrogens with one attached hydrogen (secondary N) is 1. The van der Waals surface area contributed by atoms with E-state index in [2.05, 4.69) is 15.0 Å². The van der Waals surface area contributed by atoms with Crippen LogP contribution in [-0.4, -0.2) is 26.7 Å². The quantitative estimate of drug-likeness (QED) is 0.752. The second kappa shape index (κ2) is 6.61. The minimum absolute atomic E-state index is 0.394. The Bertz CT molecular complexity index is 870. The van der Waals surface area contributed by atoms with E-state index in [9.17, 15) is 5.11 Å². The van der Waals surface area contributed by atoms with Crippen LogP contribution < -0.4 is 4.74 Å². The summed E-state index contributed by atoms with van der Waals surface area (Å²) in [5.41, 5.74) is 5.76. The molecule has 5 nitrogen and oxygen atoms in total. The molecular weight excluding hydrogens is 302 g/mol. The van der Waals surface area contributed by atoms with Crippen LogP contribution >= 0.6 is 0 Å². The highest BCUT2D eigenvalue weighted by molar-refractivity contribution is 5.75. The zero-order chi connectivity index (χ0) is 17.3. The van der Waals surface area contributed by atoms with Gasteiger partial charge in [-0.05, 0) is 45.4 Å². The van der Waals surface area contributed by atoms with Crippen molar-refractivity contribution in [2.24, 2.45) is 0 Å². The van der Waals surface area contributed by atoms with Crippen molar-refractivity contribution in [1.29, 1.82) is 0 Å². The molecule has 0 saturated carbocycles. The molecule has 2 heterocycles. The van der Waals surface area contributed by atoms with E-state index >= 15 is 0 Å². The number of fused-ring (bicyclic) bond motifs is 1. The Labute approximate surface area is 141 Å². The second-order valence-electron chi connectivity index (χ2n) is 6.14. The number of hydrogen-bond acceptors (Lipinski definition) is 4. The molecule has 0 fully saturated rings. The summed E-state index contributed by atoms with van der Waals surface area (Å²) in [4.78, 5) is 12.2. The van der Waals surface area contributed by atoms with E-state index in [4.69, 9.17) is 4.74 Å². The van der Waals surface area contributed by atoms with Gasteiger partial charge in [-0.1, -0.05) is 6.07 Å². The third-order valence-corrected chi connectivity index (χ3v) is 4.19. The largest absolute Gasteiger partial charge is 0.493 e. The zero-order valence-electron chi connectivity index (χ0n) is 14.6. The number of H-pyrrole nitrogens is 1. The summed E-state index contributed by atoms with van der Waals surface area (Å²) >= 11 is 0. The molecule has 2 aromatic heterocycles. The highest BCUT2D eigenvalue weighted by Crippen LogP contribution is 2.27. The lowest BCUT2D eigenvalue weighted by molar-refractivity contribution is 0.168. The highest BCUT2D eigenvalue weighted by atomic mass is 16.5. The van der Waals surface area contributed by atoms with Crippen molar-refractivity contribution < 1.29 is 9.84 Å². The summed E-state index contributed by atoms with van der Waals surface area (Å²) in [6.07, 6.45) is 1.45. The molecule has 0 saturated heterocycles. The van der Waals surface area contributed by atoms with Crippen molar-refractivity contribution in [3.8, 4) is 5.75 Å². The van der Waals surface area contributed by atoms with Gasteiger partial charge in [-0.2, -0.15) is 0 Å². The van der Waals surface area contributed by atoms with Gasteiger partial charge in [0, 0.05) is 29.4 Å². The molecule has 0 aliphatic carbocycles. The Morgan fingerprint density at radius 1 is 1.25 bits per heavy atom. The van der Waals surface area contributed by atoms with Crippen LogP contribution in [0.4, 0.5) is 0 Å². The average Bonchev–Trinajstić information content (AvgIpc) is 2.97. The highest BCUT2D eigenvalue weighted by Gasteiger charge is 2.18. The lowest BCUT2D eigenvalue weighted by atomic mass is 10.1. The van der Waals surface area contributed by atoms with Crippen LogP contribution in [0.2, 0.25) is 0 Å². The minimum Gasteiger partial charge on any atom is -0.493 e. The Kier molecular flexibility index (Phi) is 4.53. The first-order valence-electron chi connectivity index (χ1n) is 8.21. The van der Waals surface area contributed by atoms with Crippen LogP contribution in [0, 0.1) is 20.8 Å². The molecular formula is C19H23N3O2. The zero-order valence-corrected chi connectivity index (χ0v) is 14.6. The number of pyridine rings is 1. The van der Waals surface area contributed by atoms with E-state index in [1.807, 2.05) is 45.9 Å². The number of benzene rings is 1. The molecule has 1 unspecified atom stereocenters. The van der Waals surface area contributed by atoms with Crippen molar-refractivity contribution in [2.45, 2.75) is 40.2 Å². The van der Waals surface area contributed by atoms with Gasteiger partial charge in [-0.15, -0.1) is 0 Å². The van der Waals surface area contributed by atoms with Crippen LogP contribution in [0.5, 0.6) is 5.75 Å². The summed E-state index contributed by atoms with van der Waals surface area (Å²) in [7, 11) is 0. The van der Waals surface area contributed by atoms with Crippen LogP contribution in [0.15, 0.2) is 24.4 Å². The maximum absolute atomic E-state index is 10.6. The topological polar surface area (TPSA) is 71.0 Å². The summed E-state index contributed by atoms with van der Waals surface area (Å²) in [5.74, 6) is 1.42. The van der Waals surface area contributed by atoms with Crippen LogP contribution in [0.1, 0.15) is 41.2 Å². The van der Waals surface area contributed by atoms with Gasteiger partial charge in [-0.3, -0.25) is 4.98 Å². The minimum atomic E-state index is -0.735. The Morgan fingerprint density at radius 3 is 2.79 bits per heavy atom. The smallest absolute Gasteiger partial charge is 0.136 e. The molecule has 0 spiro atoms. The van der Waals surface area contributed by atoms with Gasteiger partial charge in [0.1, 0.15) is 17.7 Å². The Balaban J connectivity index is 1.88. The van der Waals surface area contributed by atoms with E-state index in [1.54, 1.807) is 6.20 Å². The number of rotatable bonds is 5. The number of aliphatic hydroxyl groups excluding tert-OH is 1. The number of aromatic nitrogens is 3. The molecule has 3 aromatic rings. The Hall–Kier alpha value is -2.40. The van der Waals surface area contributed by atoms with Crippen molar-refractivity contribution in [1.82, 2.24) is 15.0 Å². The number of imidazole rings is 1. The normalized spacial score (nSPS) is 12.5. The van der Waals surface area contributed by atoms with Crippen molar-refractivity contribution in [3.63, 3.8) is 0 Å². The number of aromatic amines is 1. The van der Waals surface area contributed by atoms with Gasteiger partial charge in [0.25, 0.3) is 0 Å². The molecule has 0 amide bonds. The Morgan fingerprint density at radius 2 is 2.04 bits per heavy atom. The molecule has 0 bridgehead atoms. The second-order valence-corrected chi connectivity index (χ2v) is 6.14. The summed E-state index contributed by atoms with van der Waals surface area (Å²) < 4.78 is 5.71. The lowest BCUT2D eigenvalue weighted by Gasteiger charge is -2.15. The number of nitrogens with zero attached hydrogens (tertiary/aromatic N) is 2. The number of aryl methyl sites for hydroxylation is 2. The predicted molar refractivity (Wildman–Crippen MR) is 94.4 cm³/mol. The predicted octanol–water partition coefficient (Wildman–Crippen LogP) is 3.56.